The van der Waals surface area contributed by atoms with E-state index in [1.165, 1.54) is 4.90 Å². The first-order valence-corrected chi connectivity index (χ1v) is 5.38. The zero-order valence-electron chi connectivity index (χ0n) is 9.84. The van der Waals surface area contributed by atoms with Crippen molar-refractivity contribution in [3.8, 4) is 11.5 Å². The molecule has 5 heteroatoms. The van der Waals surface area contributed by atoms with E-state index < -0.39 is 6.10 Å². The summed E-state index contributed by atoms with van der Waals surface area (Å²) >= 11 is 0. The summed E-state index contributed by atoms with van der Waals surface area (Å²) in [6.45, 7) is 1.000. The van der Waals surface area contributed by atoms with E-state index in [1.807, 2.05) is 0 Å². The van der Waals surface area contributed by atoms with Gasteiger partial charge in [-0.2, -0.15) is 0 Å². The van der Waals surface area contributed by atoms with Gasteiger partial charge in [-0.05, 0) is 17.7 Å². The van der Waals surface area contributed by atoms with E-state index in [9.17, 15) is 9.90 Å². The first-order valence-electron chi connectivity index (χ1n) is 5.38. The Balaban J connectivity index is 2.24. The zero-order chi connectivity index (χ0) is 12.4. The SMILES string of the molecule is CN(C)C(=O)C(O)c1ccc2c(c1)OCCO2. The highest BCUT2D eigenvalue weighted by molar-refractivity contribution is 5.81. The van der Waals surface area contributed by atoms with Crippen LogP contribution in [0.4, 0.5) is 0 Å². The van der Waals surface area contributed by atoms with Crippen LogP contribution in [0.3, 0.4) is 0 Å². The first kappa shape index (κ1) is 11.7. The van der Waals surface area contributed by atoms with Gasteiger partial charge in [-0.15, -0.1) is 0 Å². The first-order chi connectivity index (χ1) is 8.09. The van der Waals surface area contributed by atoms with Crippen LogP contribution in [0.25, 0.3) is 0 Å². The van der Waals surface area contributed by atoms with Crippen LogP contribution in [0, 0.1) is 0 Å². The van der Waals surface area contributed by atoms with Crippen LogP contribution in [0.5, 0.6) is 11.5 Å². The predicted molar refractivity (Wildman–Crippen MR) is 61.1 cm³/mol. The fourth-order valence-corrected chi connectivity index (χ4v) is 1.62. The Labute approximate surface area is 99.6 Å². The van der Waals surface area contributed by atoms with Crippen LogP contribution in [0.2, 0.25) is 0 Å². The van der Waals surface area contributed by atoms with Gasteiger partial charge in [0.2, 0.25) is 0 Å². The van der Waals surface area contributed by atoms with E-state index in [0.717, 1.165) is 0 Å². The van der Waals surface area contributed by atoms with Crippen molar-refractivity contribution in [1.29, 1.82) is 0 Å². The predicted octanol–water partition coefficient (Wildman–Crippen LogP) is 0.579. The average Bonchev–Trinajstić information content (AvgIpc) is 2.36. The number of benzene rings is 1. The summed E-state index contributed by atoms with van der Waals surface area (Å²) in [4.78, 5) is 13.0. The van der Waals surface area contributed by atoms with Crippen molar-refractivity contribution in [1.82, 2.24) is 4.90 Å². The summed E-state index contributed by atoms with van der Waals surface area (Å²) in [6.07, 6.45) is -1.17. The largest absolute Gasteiger partial charge is 0.486 e. The number of likely N-dealkylation sites (N-methyl/N-ethyl adjacent to an activating group) is 1. The van der Waals surface area contributed by atoms with Gasteiger partial charge in [0.05, 0.1) is 0 Å². The number of aliphatic hydroxyl groups is 1. The van der Waals surface area contributed by atoms with Crippen LogP contribution < -0.4 is 9.47 Å². The summed E-state index contributed by atoms with van der Waals surface area (Å²) in [5, 5.41) is 9.87. The molecule has 5 nitrogen and oxygen atoms in total. The van der Waals surface area contributed by atoms with E-state index in [4.69, 9.17) is 9.47 Å². The molecule has 0 spiro atoms. The summed E-state index contributed by atoms with van der Waals surface area (Å²) < 4.78 is 10.8. The Kier molecular flexibility index (Phi) is 3.19. The number of hydrogen-bond donors (Lipinski definition) is 1. The van der Waals surface area contributed by atoms with Crippen molar-refractivity contribution < 1.29 is 19.4 Å². The maximum Gasteiger partial charge on any atom is 0.255 e. The summed E-state index contributed by atoms with van der Waals surface area (Å²) in [7, 11) is 3.20. The number of hydrogen-bond acceptors (Lipinski definition) is 4. The zero-order valence-corrected chi connectivity index (χ0v) is 9.84. The second-order valence-corrected chi connectivity index (χ2v) is 4.04. The van der Waals surface area contributed by atoms with Crippen LogP contribution in [-0.2, 0) is 4.79 Å². The van der Waals surface area contributed by atoms with Crippen molar-refractivity contribution in [2.75, 3.05) is 27.3 Å². The number of nitrogens with zero attached hydrogens (tertiary/aromatic N) is 1. The highest BCUT2D eigenvalue weighted by Gasteiger charge is 2.21. The molecule has 1 N–H and O–H groups in total. The maximum atomic E-state index is 11.6. The number of ether oxygens (including phenoxy) is 2. The molecule has 2 rings (SSSR count). The monoisotopic (exact) mass is 237 g/mol. The molecule has 92 valence electrons. The Morgan fingerprint density at radius 1 is 1.29 bits per heavy atom. The highest BCUT2D eigenvalue weighted by Crippen LogP contribution is 2.32. The van der Waals surface area contributed by atoms with Crippen LogP contribution in [0.1, 0.15) is 11.7 Å². The number of carbonyl (C=O) groups excluding carboxylic acids is 1. The molecule has 1 aliphatic rings. The van der Waals surface area contributed by atoms with E-state index in [-0.39, 0.29) is 5.91 Å². The molecule has 1 heterocycles. The minimum atomic E-state index is -1.17. The number of aliphatic hydroxyl groups excluding tert-OH is 1. The topological polar surface area (TPSA) is 59.0 Å². The van der Waals surface area contributed by atoms with Crippen molar-refractivity contribution in [3.63, 3.8) is 0 Å². The van der Waals surface area contributed by atoms with Gasteiger partial charge in [-0.25, -0.2) is 0 Å². The molecule has 0 saturated heterocycles. The van der Waals surface area contributed by atoms with Crippen LogP contribution in [-0.4, -0.2) is 43.2 Å². The average molecular weight is 237 g/mol. The van der Waals surface area contributed by atoms with Gasteiger partial charge in [0.25, 0.3) is 5.91 Å². The van der Waals surface area contributed by atoms with E-state index >= 15 is 0 Å². The fraction of sp³-hybridized carbons (Fsp3) is 0.417. The third-order valence-electron chi connectivity index (χ3n) is 2.56. The molecule has 1 aromatic rings. The third-order valence-corrected chi connectivity index (χ3v) is 2.56. The third kappa shape index (κ3) is 2.34. The Morgan fingerprint density at radius 2 is 1.94 bits per heavy atom. The standard InChI is InChI=1S/C12H15NO4/c1-13(2)12(15)11(14)8-3-4-9-10(7-8)17-6-5-16-9/h3-4,7,11,14H,5-6H2,1-2H3. The van der Waals surface area contributed by atoms with Crippen molar-refractivity contribution in [3.05, 3.63) is 23.8 Å². The van der Waals surface area contributed by atoms with Gasteiger partial charge < -0.3 is 19.5 Å². The number of rotatable bonds is 2. The Hall–Kier alpha value is -1.75. The molecule has 17 heavy (non-hydrogen) atoms. The quantitative estimate of drug-likeness (QED) is 0.817. The van der Waals surface area contributed by atoms with Gasteiger partial charge in [-0.3, -0.25) is 4.79 Å². The Bertz CT molecular complexity index is 431. The lowest BCUT2D eigenvalue weighted by molar-refractivity contribution is -0.137. The Morgan fingerprint density at radius 3 is 2.59 bits per heavy atom. The molecule has 0 aromatic heterocycles. The van der Waals surface area contributed by atoms with E-state index in [2.05, 4.69) is 0 Å². The van der Waals surface area contributed by atoms with Crippen molar-refractivity contribution in [2.45, 2.75) is 6.10 Å². The molecule has 0 fully saturated rings. The van der Waals surface area contributed by atoms with Crippen LogP contribution in [0.15, 0.2) is 18.2 Å². The second kappa shape index (κ2) is 4.63. The maximum absolute atomic E-state index is 11.6. The lowest BCUT2D eigenvalue weighted by atomic mass is 10.1. The molecule has 1 atom stereocenters. The van der Waals surface area contributed by atoms with Gasteiger partial charge in [-0.1, -0.05) is 6.07 Å². The normalized spacial score (nSPS) is 15.2. The molecular weight excluding hydrogens is 222 g/mol. The molecule has 1 unspecified atom stereocenters. The molecule has 0 saturated carbocycles. The number of carbonyl (C=O) groups is 1. The van der Waals surface area contributed by atoms with Crippen LogP contribution >= 0.6 is 0 Å². The molecule has 0 radical (unpaired) electrons. The molecule has 0 aliphatic carbocycles. The molecular formula is C12H15NO4. The summed E-state index contributed by atoms with van der Waals surface area (Å²) in [5.41, 5.74) is 0.507. The van der Waals surface area contributed by atoms with Gasteiger partial charge >= 0.3 is 0 Å². The molecule has 1 amide bonds. The highest BCUT2D eigenvalue weighted by atomic mass is 16.6. The van der Waals surface area contributed by atoms with Gasteiger partial charge in [0.1, 0.15) is 13.2 Å². The second-order valence-electron chi connectivity index (χ2n) is 4.04. The lowest BCUT2D eigenvalue weighted by Gasteiger charge is -2.21. The fourth-order valence-electron chi connectivity index (χ4n) is 1.62. The smallest absolute Gasteiger partial charge is 0.255 e. The summed E-state index contributed by atoms with van der Waals surface area (Å²) in [6, 6.07) is 5.01. The minimum absolute atomic E-state index is 0.360. The number of fused-ring (bicyclic) bond motifs is 1. The van der Waals surface area contributed by atoms with Gasteiger partial charge in [0, 0.05) is 14.1 Å². The molecule has 1 aliphatic heterocycles. The molecule has 1 aromatic carbocycles. The van der Waals surface area contributed by atoms with Gasteiger partial charge in [0.15, 0.2) is 17.6 Å². The van der Waals surface area contributed by atoms with Crippen molar-refractivity contribution >= 4 is 5.91 Å². The van der Waals surface area contributed by atoms with E-state index in [0.29, 0.717) is 30.3 Å². The minimum Gasteiger partial charge on any atom is -0.486 e. The lowest BCUT2D eigenvalue weighted by Crippen LogP contribution is -2.28. The molecule has 0 bridgehead atoms. The van der Waals surface area contributed by atoms with E-state index in [1.54, 1.807) is 32.3 Å². The number of amides is 1. The van der Waals surface area contributed by atoms with Crippen molar-refractivity contribution in [2.24, 2.45) is 0 Å². The summed E-state index contributed by atoms with van der Waals surface area (Å²) in [5.74, 6) is 0.852.